The van der Waals surface area contributed by atoms with E-state index >= 15 is 0 Å². The molecule has 1 aromatic rings. The van der Waals surface area contributed by atoms with Gasteiger partial charge in [-0.2, -0.15) is 5.26 Å². The van der Waals surface area contributed by atoms with Gasteiger partial charge in [0.1, 0.15) is 11.2 Å². The van der Waals surface area contributed by atoms with Crippen LogP contribution in [0.3, 0.4) is 0 Å². The van der Waals surface area contributed by atoms with Crippen LogP contribution in [0.2, 0.25) is 0 Å². The highest BCUT2D eigenvalue weighted by molar-refractivity contribution is 8.03. The molecule has 0 saturated carbocycles. The molecule has 2 nitrogen and oxygen atoms in total. The van der Waals surface area contributed by atoms with E-state index in [1.54, 1.807) is 12.1 Å². The summed E-state index contributed by atoms with van der Waals surface area (Å²) in [4.78, 5) is 0.871. The molecular weight excluding hydrogens is 194 g/mol. The zero-order valence-corrected chi connectivity index (χ0v) is 9.35. The Bertz CT molecular complexity index is 374. The summed E-state index contributed by atoms with van der Waals surface area (Å²) in [5.41, 5.74) is 0.772. The molecule has 1 N–H and O–H groups in total. The first-order chi connectivity index (χ1) is 6.45. The lowest BCUT2D eigenvalue weighted by Gasteiger charge is -2.20. The number of phenols is 1. The Labute approximate surface area is 88.6 Å². The first-order valence-electron chi connectivity index (χ1n) is 4.34. The van der Waals surface area contributed by atoms with E-state index in [1.165, 1.54) is 0 Å². The number of thioether (sulfide) groups is 1. The third kappa shape index (κ3) is 2.43. The molecule has 1 rings (SSSR count). The first-order valence-corrected chi connectivity index (χ1v) is 5.16. The lowest BCUT2D eigenvalue weighted by molar-refractivity contribution is 0.446. The molecule has 0 radical (unpaired) electrons. The van der Waals surface area contributed by atoms with Crippen LogP contribution < -0.4 is 0 Å². The quantitative estimate of drug-likeness (QED) is 0.568. The number of rotatable bonds is 1. The lowest BCUT2D eigenvalue weighted by atomic mass is 9.86. The van der Waals surface area contributed by atoms with Crippen LogP contribution in [-0.2, 0) is 5.41 Å². The van der Waals surface area contributed by atoms with Crippen LogP contribution in [-0.4, -0.2) is 5.11 Å². The van der Waals surface area contributed by atoms with Crippen LogP contribution in [0.4, 0.5) is 0 Å². The second kappa shape index (κ2) is 3.93. The second-order valence-corrected chi connectivity index (χ2v) is 4.98. The molecule has 0 atom stereocenters. The number of benzene rings is 1. The van der Waals surface area contributed by atoms with Gasteiger partial charge in [0.05, 0.1) is 0 Å². The predicted octanol–water partition coefficient (Wildman–Crippen LogP) is 3.26. The van der Waals surface area contributed by atoms with E-state index in [0.29, 0.717) is 5.75 Å². The van der Waals surface area contributed by atoms with E-state index in [4.69, 9.17) is 5.26 Å². The van der Waals surface area contributed by atoms with Gasteiger partial charge in [-0.1, -0.05) is 20.8 Å². The van der Waals surface area contributed by atoms with Crippen LogP contribution in [0, 0.1) is 10.7 Å². The molecule has 0 fully saturated rings. The van der Waals surface area contributed by atoms with Crippen LogP contribution in [0.5, 0.6) is 5.75 Å². The number of nitrogens with zero attached hydrogens (tertiary/aromatic N) is 1. The van der Waals surface area contributed by atoms with Gasteiger partial charge in [-0.25, -0.2) is 0 Å². The number of aromatic hydroxyl groups is 1. The molecule has 0 aromatic heterocycles. The van der Waals surface area contributed by atoms with Gasteiger partial charge < -0.3 is 5.11 Å². The van der Waals surface area contributed by atoms with Crippen molar-refractivity contribution < 1.29 is 5.11 Å². The summed E-state index contributed by atoms with van der Waals surface area (Å²) in [6.45, 7) is 6.09. The largest absolute Gasteiger partial charge is 0.508 e. The van der Waals surface area contributed by atoms with Crippen molar-refractivity contribution in [1.82, 2.24) is 0 Å². The Morgan fingerprint density at radius 3 is 2.50 bits per heavy atom. The average molecular weight is 207 g/mol. The van der Waals surface area contributed by atoms with Gasteiger partial charge in [-0.05, 0) is 35.4 Å². The van der Waals surface area contributed by atoms with Crippen molar-refractivity contribution >= 4 is 11.8 Å². The standard InChI is InChI=1S/C11H13NOS/c1-11(2,3)9-6-8(14-7-12)4-5-10(9)13/h4-6,13H,1-3H3. The van der Waals surface area contributed by atoms with Gasteiger partial charge in [0.15, 0.2) is 0 Å². The van der Waals surface area contributed by atoms with Gasteiger partial charge in [0.25, 0.3) is 0 Å². The van der Waals surface area contributed by atoms with Crippen molar-refractivity contribution in [2.24, 2.45) is 0 Å². The van der Waals surface area contributed by atoms with Crippen LogP contribution in [0.15, 0.2) is 23.1 Å². The normalized spacial score (nSPS) is 11.0. The maximum Gasteiger partial charge on any atom is 0.138 e. The summed E-state index contributed by atoms with van der Waals surface area (Å²) in [5, 5.41) is 20.2. The molecule has 0 aliphatic carbocycles. The van der Waals surface area contributed by atoms with E-state index in [-0.39, 0.29) is 5.41 Å². The van der Waals surface area contributed by atoms with Gasteiger partial charge in [-0.3, -0.25) is 0 Å². The Balaban J connectivity index is 3.17. The first kappa shape index (κ1) is 10.9. The highest BCUT2D eigenvalue weighted by atomic mass is 32.2. The molecule has 1 aromatic carbocycles. The smallest absolute Gasteiger partial charge is 0.138 e. The van der Waals surface area contributed by atoms with Crippen molar-refractivity contribution in [3.63, 3.8) is 0 Å². The Morgan fingerprint density at radius 2 is 2.00 bits per heavy atom. The van der Waals surface area contributed by atoms with Crippen molar-refractivity contribution in [2.45, 2.75) is 31.1 Å². The number of phenolic OH excluding ortho intramolecular Hbond substituents is 1. The van der Waals surface area contributed by atoms with Crippen molar-refractivity contribution in [3.8, 4) is 11.2 Å². The van der Waals surface area contributed by atoms with Gasteiger partial charge in [-0.15, -0.1) is 0 Å². The average Bonchev–Trinajstić information content (AvgIpc) is 2.07. The number of hydrogen-bond acceptors (Lipinski definition) is 3. The summed E-state index contributed by atoms with van der Waals surface area (Å²) in [5.74, 6) is 0.291. The summed E-state index contributed by atoms with van der Waals surface area (Å²) in [6.07, 6.45) is 0. The number of hydrogen-bond donors (Lipinski definition) is 1. The minimum absolute atomic E-state index is 0.101. The highest BCUT2D eigenvalue weighted by Gasteiger charge is 2.18. The maximum atomic E-state index is 9.65. The molecule has 0 aliphatic rings. The van der Waals surface area contributed by atoms with Gasteiger partial charge in [0.2, 0.25) is 0 Å². The monoisotopic (exact) mass is 207 g/mol. The molecule has 0 amide bonds. The third-order valence-electron chi connectivity index (χ3n) is 1.94. The molecule has 0 saturated heterocycles. The van der Waals surface area contributed by atoms with E-state index in [9.17, 15) is 5.11 Å². The van der Waals surface area contributed by atoms with Crippen molar-refractivity contribution in [2.75, 3.05) is 0 Å². The van der Waals surface area contributed by atoms with Crippen molar-refractivity contribution in [3.05, 3.63) is 23.8 Å². The fraction of sp³-hybridized carbons (Fsp3) is 0.364. The fourth-order valence-electron chi connectivity index (χ4n) is 1.23. The van der Waals surface area contributed by atoms with Gasteiger partial charge >= 0.3 is 0 Å². The Morgan fingerprint density at radius 1 is 1.36 bits per heavy atom. The topological polar surface area (TPSA) is 44.0 Å². The molecule has 0 bridgehead atoms. The molecule has 74 valence electrons. The summed E-state index contributed by atoms with van der Waals surface area (Å²) in [7, 11) is 0. The Hall–Kier alpha value is -1.14. The molecule has 0 aliphatic heterocycles. The van der Waals surface area contributed by atoms with Gasteiger partial charge in [0, 0.05) is 10.5 Å². The van der Waals surface area contributed by atoms with E-state index in [0.717, 1.165) is 22.2 Å². The molecule has 0 spiro atoms. The van der Waals surface area contributed by atoms with Crippen molar-refractivity contribution in [1.29, 1.82) is 5.26 Å². The van der Waals surface area contributed by atoms with Crippen LogP contribution in [0.25, 0.3) is 0 Å². The maximum absolute atomic E-state index is 9.65. The molecular formula is C11H13NOS. The minimum Gasteiger partial charge on any atom is -0.508 e. The summed E-state index contributed by atoms with van der Waals surface area (Å²) >= 11 is 1.11. The van der Waals surface area contributed by atoms with E-state index in [2.05, 4.69) is 0 Å². The predicted molar refractivity (Wildman–Crippen MR) is 58.3 cm³/mol. The molecule has 0 unspecified atom stereocenters. The van der Waals surface area contributed by atoms with E-state index in [1.807, 2.05) is 32.2 Å². The molecule has 0 heterocycles. The molecule has 14 heavy (non-hydrogen) atoms. The number of thiocyanates is 1. The summed E-state index contributed by atoms with van der Waals surface area (Å²) < 4.78 is 0. The second-order valence-electron chi connectivity index (χ2n) is 4.12. The molecule has 3 heteroatoms. The fourth-order valence-corrected chi connectivity index (χ4v) is 1.65. The zero-order valence-electron chi connectivity index (χ0n) is 8.53. The highest BCUT2D eigenvalue weighted by Crippen LogP contribution is 2.33. The zero-order chi connectivity index (χ0) is 10.8. The third-order valence-corrected chi connectivity index (χ3v) is 2.52. The van der Waals surface area contributed by atoms with Crippen LogP contribution in [0.1, 0.15) is 26.3 Å². The lowest BCUT2D eigenvalue weighted by Crippen LogP contribution is -2.11. The SMILES string of the molecule is CC(C)(C)c1cc(SC#N)ccc1O. The van der Waals surface area contributed by atoms with E-state index < -0.39 is 0 Å². The summed E-state index contributed by atoms with van der Waals surface area (Å²) in [6, 6.07) is 5.25. The minimum atomic E-state index is -0.101. The van der Waals surface area contributed by atoms with Crippen LogP contribution >= 0.6 is 11.8 Å². The number of nitriles is 1. The Kier molecular flexibility index (Phi) is 3.07.